The van der Waals surface area contributed by atoms with Crippen LogP contribution < -0.4 is 20.5 Å². The molecular formula is C24H20Cl3N3O3. The topological polar surface area (TPSA) is 70.7 Å². The molecule has 33 heavy (non-hydrogen) atoms. The average Bonchev–Trinajstić information content (AvgIpc) is 3.21. The number of hydrogen-bond acceptors (Lipinski definition) is 4. The van der Waals surface area contributed by atoms with Crippen LogP contribution in [0.15, 0.2) is 66.7 Å². The molecular weight excluding hydrogens is 485 g/mol. The van der Waals surface area contributed by atoms with E-state index in [0.29, 0.717) is 33.0 Å². The van der Waals surface area contributed by atoms with Gasteiger partial charge in [-0.1, -0.05) is 59.1 Å². The van der Waals surface area contributed by atoms with Gasteiger partial charge < -0.3 is 9.64 Å². The van der Waals surface area contributed by atoms with Crippen molar-refractivity contribution in [3.05, 3.63) is 87.4 Å². The van der Waals surface area contributed by atoms with Gasteiger partial charge in [0.1, 0.15) is 12.4 Å². The first-order valence-corrected chi connectivity index (χ1v) is 11.3. The van der Waals surface area contributed by atoms with Crippen molar-refractivity contribution in [1.29, 1.82) is 0 Å². The maximum absolute atomic E-state index is 12.7. The largest absolute Gasteiger partial charge is 0.487 e. The zero-order chi connectivity index (χ0) is 23.4. The molecule has 3 aromatic carbocycles. The van der Waals surface area contributed by atoms with E-state index in [1.807, 2.05) is 36.4 Å². The van der Waals surface area contributed by atoms with Crippen LogP contribution in [0.1, 0.15) is 12.0 Å². The molecule has 0 aromatic heterocycles. The van der Waals surface area contributed by atoms with Crippen LogP contribution in [0.4, 0.5) is 11.4 Å². The molecule has 9 heteroatoms. The number of hydrogen-bond donors (Lipinski definition) is 2. The monoisotopic (exact) mass is 503 g/mol. The number of anilines is 2. The molecule has 0 bridgehead atoms. The van der Waals surface area contributed by atoms with Gasteiger partial charge in [-0.15, -0.1) is 0 Å². The van der Waals surface area contributed by atoms with E-state index in [9.17, 15) is 9.59 Å². The highest BCUT2D eigenvalue weighted by Crippen LogP contribution is 2.30. The van der Waals surface area contributed by atoms with Gasteiger partial charge in [0.05, 0.1) is 21.7 Å². The molecule has 6 nitrogen and oxygen atoms in total. The Kier molecular flexibility index (Phi) is 7.28. The van der Waals surface area contributed by atoms with E-state index in [2.05, 4.69) is 10.9 Å². The number of ether oxygens (including phenoxy) is 1. The lowest BCUT2D eigenvalue weighted by atomic mass is 10.1. The molecule has 1 heterocycles. The van der Waals surface area contributed by atoms with Crippen molar-refractivity contribution in [2.75, 3.05) is 16.9 Å². The van der Waals surface area contributed by atoms with E-state index < -0.39 is 5.92 Å². The molecule has 1 aliphatic heterocycles. The number of carbonyl (C=O) groups is 2. The predicted octanol–water partition coefficient (Wildman–Crippen LogP) is 5.72. The van der Waals surface area contributed by atoms with Crippen LogP contribution in [-0.2, 0) is 16.2 Å². The number of nitrogens with one attached hydrogen (secondary N) is 2. The average molecular weight is 505 g/mol. The first-order chi connectivity index (χ1) is 15.9. The van der Waals surface area contributed by atoms with Crippen LogP contribution in [0.25, 0.3) is 0 Å². The van der Waals surface area contributed by atoms with Crippen molar-refractivity contribution in [2.24, 2.45) is 5.92 Å². The third-order valence-electron chi connectivity index (χ3n) is 5.20. The summed E-state index contributed by atoms with van der Waals surface area (Å²) in [7, 11) is 0. The first kappa shape index (κ1) is 23.2. The number of rotatable bonds is 7. The van der Waals surface area contributed by atoms with Gasteiger partial charge in [0.25, 0.3) is 0 Å². The van der Waals surface area contributed by atoms with Gasteiger partial charge in [0.2, 0.25) is 11.8 Å². The first-order valence-electron chi connectivity index (χ1n) is 10.2. The molecule has 1 fully saturated rings. The summed E-state index contributed by atoms with van der Waals surface area (Å²) in [6.07, 6.45) is 0.138. The minimum absolute atomic E-state index is 0.0882. The third kappa shape index (κ3) is 5.71. The molecule has 2 N–H and O–H groups in total. The molecule has 170 valence electrons. The quantitative estimate of drug-likeness (QED) is 0.404. The second kappa shape index (κ2) is 10.3. The van der Waals surface area contributed by atoms with E-state index in [4.69, 9.17) is 39.5 Å². The Morgan fingerprint density at radius 2 is 1.79 bits per heavy atom. The number of carbonyl (C=O) groups excluding carboxylic acids is 2. The van der Waals surface area contributed by atoms with Crippen molar-refractivity contribution in [3.63, 3.8) is 0 Å². The maximum Gasteiger partial charge on any atom is 0.243 e. The summed E-state index contributed by atoms with van der Waals surface area (Å²) in [5, 5.41) is 1.38. The van der Waals surface area contributed by atoms with Crippen molar-refractivity contribution in [3.8, 4) is 5.75 Å². The molecule has 3 aromatic rings. The van der Waals surface area contributed by atoms with Gasteiger partial charge in [-0.25, -0.2) is 0 Å². The van der Waals surface area contributed by atoms with Gasteiger partial charge in [-0.3, -0.25) is 20.4 Å². The Balaban J connectivity index is 1.38. The molecule has 4 rings (SSSR count). The van der Waals surface area contributed by atoms with Crippen molar-refractivity contribution in [1.82, 2.24) is 5.43 Å². The summed E-state index contributed by atoms with van der Waals surface area (Å²) in [5.41, 5.74) is 7.64. The Morgan fingerprint density at radius 3 is 2.55 bits per heavy atom. The molecule has 2 amide bonds. The summed E-state index contributed by atoms with van der Waals surface area (Å²) < 4.78 is 5.89. The molecule has 1 aliphatic rings. The van der Waals surface area contributed by atoms with Gasteiger partial charge in [0.15, 0.2) is 0 Å². The standard InChI is InChI=1S/C24H20Cl3N3O3/c25-17-7-9-22(33-14-15-6-8-19(26)20(27)10-15)21(12-17)28-29-24(32)16-11-23(31)30(13-16)18-4-2-1-3-5-18/h1-10,12,16,28H,11,13-14H2,(H,29,32)/t16-/m0/s1. The fourth-order valence-electron chi connectivity index (χ4n) is 3.49. The molecule has 1 saturated heterocycles. The van der Waals surface area contributed by atoms with Gasteiger partial charge >= 0.3 is 0 Å². The highest BCUT2D eigenvalue weighted by Gasteiger charge is 2.35. The van der Waals surface area contributed by atoms with Crippen LogP contribution in [0.5, 0.6) is 5.75 Å². The number of para-hydroxylation sites is 1. The number of nitrogens with zero attached hydrogens (tertiary/aromatic N) is 1. The van der Waals surface area contributed by atoms with Crippen molar-refractivity contribution in [2.45, 2.75) is 13.0 Å². The van der Waals surface area contributed by atoms with E-state index in [-0.39, 0.29) is 24.8 Å². The van der Waals surface area contributed by atoms with Gasteiger partial charge in [0, 0.05) is 23.7 Å². The highest BCUT2D eigenvalue weighted by molar-refractivity contribution is 6.42. The summed E-state index contributed by atoms with van der Waals surface area (Å²) in [4.78, 5) is 26.8. The van der Waals surface area contributed by atoms with E-state index in [1.165, 1.54) is 0 Å². The molecule has 0 radical (unpaired) electrons. The van der Waals surface area contributed by atoms with E-state index >= 15 is 0 Å². The summed E-state index contributed by atoms with van der Waals surface area (Å²) in [5.74, 6) is -0.379. The SMILES string of the molecule is O=C(NNc1cc(Cl)ccc1OCc1ccc(Cl)c(Cl)c1)[C@H]1CC(=O)N(c2ccccc2)C1. The number of benzene rings is 3. The number of hydrazine groups is 1. The van der Waals surface area contributed by atoms with Crippen LogP contribution in [0.3, 0.4) is 0 Å². The Labute approximate surface area is 206 Å². The zero-order valence-corrected chi connectivity index (χ0v) is 19.6. The van der Waals surface area contributed by atoms with Gasteiger partial charge in [-0.2, -0.15) is 0 Å². The normalized spacial score (nSPS) is 15.4. The smallest absolute Gasteiger partial charge is 0.243 e. The van der Waals surface area contributed by atoms with E-state index in [0.717, 1.165) is 11.3 Å². The lowest BCUT2D eigenvalue weighted by Gasteiger charge is -2.18. The van der Waals surface area contributed by atoms with Crippen molar-refractivity contribution < 1.29 is 14.3 Å². The lowest BCUT2D eigenvalue weighted by Crippen LogP contribution is -2.36. The molecule has 0 spiro atoms. The summed E-state index contributed by atoms with van der Waals surface area (Å²) >= 11 is 18.1. The second-order valence-electron chi connectivity index (χ2n) is 7.53. The van der Waals surface area contributed by atoms with Crippen LogP contribution in [0.2, 0.25) is 15.1 Å². The minimum Gasteiger partial charge on any atom is -0.487 e. The number of halogens is 3. The Bertz CT molecular complexity index is 1170. The maximum atomic E-state index is 12.7. The predicted molar refractivity (Wildman–Crippen MR) is 131 cm³/mol. The van der Waals surface area contributed by atoms with Crippen LogP contribution >= 0.6 is 34.8 Å². The molecule has 0 aliphatic carbocycles. The van der Waals surface area contributed by atoms with Crippen LogP contribution in [0, 0.1) is 5.92 Å². The Morgan fingerprint density at radius 1 is 1.00 bits per heavy atom. The van der Waals surface area contributed by atoms with Gasteiger partial charge in [-0.05, 0) is 48.0 Å². The summed E-state index contributed by atoms with van der Waals surface area (Å²) in [6, 6.07) is 19.6. The fraction of sp³-hybridized carbons (Fsp3) is 0.167. The second-order valence-corrected chi connectivity index (χ2v) is 8.78. The number of amides is 2. The highest BCUT2D eigenvalue weighted by atomic mass is 35.5. The molecule has 0 saturated carbocycles. The summed E-state index contributed by atoms with van der Waals surface area (Å²) in [6.45, 7) is 0.552. The molecule has 0 unspecified atom stereocenters. The Hall–Kier alpha value is -2.93. The molecule has 1 atom stereocenters. The van der Waals surface area contributed by atoms with E-state index in [1.54, 1.807) is 35.2 Å². The minimum atomic E-state index is -0.482. The van der Waals surface area contributed by atoms with Crippen molar-refractivity contribution >= 4 is 58.0 Å². The zero-order valence-electron chi connectivity index (χ0n) is 17.4. The third-order valence-corrected chi connectivity index (χ3v) is 6.18. The fourth-order valence-corrected chi connectivity index (χ4v) is 3.98. The van der Waals surface area contributed by atoms with Crippen LogP contribution in [-0.4, -0.2) is 18.4 Å². The lowest BCUT2D eigenvalue weighted by molar-refractivity contribution is -0.125.